The van der Waals surface area contributed by atoms with Gasteiger partial charge in [-0.05, 0) is 44.0 Å². The number of nitrogens with one attached hydrogen (secondary N) is 1. The van der Waals surface area contributed by atoms with Crippen molar-refractivity contribution < 1.29 is 9.59 Å². The van der Waals surface area contributed by atoms with E-state index in [2.05, 4.69) is 5.32 Å². The van der Waals surface area contributed by atoms with E-state index in [1.54, 1.807) is 0 Å². The summed E-state index contributed by atoms with van der Waals surface area (Å²) < 4.78 is 0. The molecule has 2 aromatic carbocycles. The number of carbonyl (C=O) groups is 2. The highest BCUT2D eigenvalue weighted by Crippen LogP contribution is 2.23. The predicted octanol–water partition coefficient (Wildman–Crippen LogP) is 3.80. The van der Waals surface area contributed by atoms with Crippen LogP contribution in [0.1, 0.15) is 39.5 Å². The summed E-state index contributed by atoms with van der Waals surface area (Å²) in [6.45, 7) is 7.23. The van der Waals surface area contributed by atoms with Crippen molar-refractivity contribution in [3.05, 3.63) is 64.2 Å². The molecule has 0 bridgehead atoms. The second kappa shape index (κ2) is 5.92. The third-order valence-electron chi connectivity index (χ3n) is 3.44. The normalized spacial score (nSPS) is 10.3. The standard InChI is InChI=1S/C18H19NO2/c1-11-5-7-15(8-6-11)18(21)16-9-13(3)17(10-12(16)2)19-14(4)20/h5-10H,1-4H3,(H,19,20). The number of hydrogen-bond acceptors (Lipinski definition) is 2. The third-order valence-corrected chi connectivity index (χ3v) is 3.44. The molecule has 21 heavy (non-hydrogen) atoms. The van der Waals surface area contributed by atoms with E-state index in [0.717, 1.165) is 22.4 Å². The van der Waals surface area contributed by atoms with Crippen molar-refractivity contribution >= 4 is 17.4 Å². The van der Waals surface area contributed by atoms with Gasteiger partial charge in [0.2, 0.25) is 5.91 Å². The summed E-state index contributed by atoms with van der Waals surface area (Å²) in [5.74, 6) is -0.111. The zero-order valence-corrected chi connectivity index (χ0v) is 12.8. The van der Waals surface area contributed by atoms with Crippen LogP contribution in [0.15, 0.2) is 36.4 Å². The van der Waals surface area contributed by atoms with Crippen LogP contribution in [0.25, 0.3) is 0 Å². The highest BCUT2D eigenvalue weighted by molar-refractivity contribution is 6.10. The minimum atomic E-state index is -0.116. The minimum Gasteiger partial charge on any atom is -0.326 e. The topological polar surface area (TPSA) is 46.2 Å². The number of hydrogen-bond donors (Lipinski definition) is 1. The van der Waals surface area contributed by atoms with E-state index in [1.807, 2.05) is 57.2 Å². The van der Waals surface area contributed by atoms with E-state index in [4.69, 9.17) is 0 Å². The van der Waals surface area contributed by atoms with Crippen molar-refractivity contribution in [2.45, 2.75) is 27.7 Å². The zero-order valence-electron chi connectivity index (χ0n) is 12.8. The van der Waals surface area contributed by atoms with Crippen LogP contribution in [0.5, 0.6) is 0 Å². The summed E-state index contributed by atoms with van der Waals surface area (Å²) in [6, 6.07) is 11.2. The van der Waals surface area contributed by atoms with Gasteiger partial charge in [0, 0.05) is 23.7 Å². The Morgan fingerprint density at radius 1 is 0.905 bits per heavy atom. The molecule has 3 nitrogen and oxygen atoms in total. The number of amides is 1. The Labute approximate surface area is 125 Å². The van der Waals surface area contributed by atoms with Crippen molar-refractivity contribution in [3.63, 3.8) is 0 Å². The largest absolute Gasteiger partial charge is 0.326 e. The van der Waals surface area contributed by atoms with Crippen molar-refractivity contribution in [1.29, 1.82) is 0 Å². The summed E-state index contributed by atoms with van der Waals surface area (Å²) in [7, 11) is 0. The highest BCUT2D eigenvalue weighted by atomic mass is 16.1. The molecule has 0 atom stereocenters. The Balaban J connectivity index is 2.40. The Bertz CT molecular complexity index is 700. The molecule has 0 aliphatic heterocycles. The molecule has 0 saturated heterocycles. The average molecular weight is 281 g/mol. The van der Waals surface area contributed by atoms with Gasteiger partial charge in [0.05, 0.1) is 0 Å². The second-order valence-electron chi connectivity index (χ2n) is 5.36. The first-order valence-electron chi connectivity index (χ1n) is 6.88. The molecule has 0 aromatic heterocycles. The molecule has 0 heterocycles. The molecule has 1 amide bonds. The van der Waals surface area contributed by atoms with Crippen LogP contribution in [0.2, 0.25) is 0 Å². The molecule has 0 fully saturated rings. The number of carbonyl (C=O) groups excluding carboxylic acids is 2. The fraction of sp³-hybridized carbons (Fsp3) is 0.222. The van der Waals surface area contributed by atoms with Gasteiger partial charge in [-0.25, -0.2) is 0 Å². The summed E-state index contributed by atoms with van der Waals surface area (Å²) in [4.78, 5) is 23.7. The van der Waals surface area contributed by atoms with Crippen LogP contribution in [0.3, 0.4) is 0 Å². The van der Waals surface area contributed by atoms with Crippen molar-refractivity contribution in [2.24, 2.45) is 0 Å². The van der Waals surface area contributed by atoms with Gasteiger partial charge < -0.3 is 5.32 Å². The SMILES string of the molecule is CC(=O)Nc1cc(C)c(C(=O)c2ccc(C)cc2)cc1C. The zero-order chi connectivity index (χ0) is 15.6. The third kappa shape index (κ3) is 3.37. The highest BCUT2D eigenvalue weighted by Gasteiger charge is 2.14. The predicted molar refractivity (Wildman–Crippen MR) is 84.8 cm³/mol. The second-order valence-corrected chi connectivity index (χ2v) is 5.36. The first-order chi connectivity index (χ1) is 9.88. The van der Waals surface area contributed by atoms with Gasteiger partial charge in [-0.1, -0.05) is 29.8 Å². The van der Waals surface area contributed by atoms with Crippen LogP contribution in [0, 0.1) is 20.8 Å². The lowest BCUT2D eigenvalue weighted by molar-refractivity contribution is -0.114. The molecule has 0 aliphatic carbocycles. The maximum atomic E-state index is 12.6. The van der Waals surface area contributed by atoms with Crippen molar-refractivity contribution in [3.8, 4) is 0 Å². The molecule has 0 spiro atoms. The summed E-state index contributed by atoms with van der Waals surface area (Å²) in [6.07, 6.45) is 0. The molecule has 108 valence electrons. The Morgan fingerprint density at radius 2 is 1.52 bits per heavy atom. The van der Waals surface area contributed by atoms with Gasteiger partial charge in [-0.3, -0.25) is 9.59 Å². The molecule has 0 aliphatic rings. The lowest BCUT2D eigenvalue weighted by Gasteiger charge is -2.12. The number of ketones is 1. The van der Waals surface area contributed by atoms with Crippen LogP contribution >= 0.6 is 0 Å². The van der Waals surface area contributed by atoms with Crippen molar-refractivity contribution in [2.75, 3.05) is 5.32 Å². The molecular formula is C18H19NO2. The van der Waals surface area contributed by atoms with Crippen LogP contribution in [-0.2, 0) is 4.79 Å². The van der Waals surface area contributed by atoms with Gasteiger partial charge in [0.1, 0.15) is 0 Å². The van der Waals surface area contributed by atoms with E-state index in [9.17, 15) is 9.59 Å². The molecule has 0 radical (unpaired) electrons. The van der Waals surface area contributed by atoms with E-state index >= 15 is 0 Å². The lowest BCUT2D eigenvalue weighted by Crippen LogP contribution is -2.10. The molecule has 0 unspecified atom stereocenters. The summed E-state index contributed by atoms with van der Waals surface area (Å²) >= 11 is 0. The van der Waals surface area contributed by atoms with Gasteiger partial charge in [0.15, 0.2) is 5.78 Å². The maximum absolute atomic E-state index is 12.6. The summed E-state index contributed by atoms with van der Waals surface area (Å²) in [5.41, 5.74) is 4.96. The number of aryl methyl sites for hydroxylation is 3. The first-order valence-corrected chi connectivity index (χ1v) is 6.88. The van der Waals surface area contributed by atoms with E-state index < -0.39 is 0 Å². The minimum absolute atomic E-state index is 0.00461. The van der Waals surface area contributed by atoms with E-state index in [-0.39, 0.29) is 11.7 Å². The molecule has 2 rings (SSSR count). The fourth-order valence-corrected chi connectivity index (χ4v) is 2.25. The lowest BCUT2D eigenvalue weighted by atomic mass is 9.96. The average Bonchev–Trinajstić information content (AvgIpc) is 2.42. The quantitative estimate of drug-likeness (QED) is 0.870. The first kappa shape index (κ1) is 15.0. The van der Waals surface area contributed by atoms with E-state index in [0.29, 0.717) is 11.1 Å². The number of benzene rings is 2. The maximum Gasteiger partial charge on any atom is 0.221 e. The Morgan fingerprint density at radius 3 is 2.10 bits per heavy atom. The monoisotopic (exact) mass is 281 g/mol. The van der Waals surface area contributed by atoms with Crippen molar-refractivity contribution in [1.82, 2.24) is 0 Å². The number of rotatable bonds is 3. The molecular weight excluding hydrogens is 262 g/mol. The van der Waals surface area contributed by atoms with Crippen LogP contribution in [0.4, 0.5) is 5.69 Å². The molecule has 2 aromatic rings. The number of anilines is 1. The van der Waals surface area contributed by atoms with Gasteiger partial charge in [0.25, 0.3) is 0 Å². The smallest absolute Gasteiger partial charge is 0.221 e. The Hall–Kier alpha value is -2.42. The fourth-order valence-electron chi connectivity index (χ4n) is 2.25. The Kier molecular flexibility index (Phi) is 4.22. The molecule has 3 heteroatoms. The van der Waals surface area contributed by atoms with Gasteiger partial charge >= 0.3 is 0 Å². The molecule has 0 saturated carbocycles. The van der Waals surface area contributed by atoms with Crippen LogP contribution in [-0.4, -0.2) is 11.7 Å². The molecule has 1 N–H and O–H groups in total. The van der Waals surface area contributed by atoms with Gasteiger partial charge in [-0.2, -0.15) is 0 Å². The van der Waals surface area contributed by atoms with E-state index in [1.165, 1.54) is 6.92 Å². The van der Waals surface area contributed by atoms with Crippen LogP contribution < -0.4 is 5.32 Å². The van der Waals surface area contributed by atoms with Gasteiger partial charge in [-0.15, -0.1) is 0 Å². The summed E-state index contributed by atoms with van der Waals surface area (Å²) in [5, 5.41) is 2.78.